The highest BCUT2D eigenvalue weighted by atomic mass is 16.5. The van der Waals surface area contributed by atoms with Crippen LogP contribution in [0, 0.1) is 0 Å². The summed E-state index contributed by atoms with van der Waals surface area (Å²) in [5, 5.41) is 6.48. The van der Waals surface area contributed by atoms with E-state index in [4.69, 9.17) is 18.9 Å². The Morgan fingerprint density at radius 1 is 0.759 bits per heavy atom. The molecule has 0 aliphatic rings. The van der Waals surface area contributed by atoms with Gasteiger partial charge in [0, 0.05) is 29.6 Å². The number of hydrogen-bond donors (Lipinski definition) is 2. The Hall–Kier alpha value is -3.68. The summed E-state index contributed by atoms with van der Waals surface area (Å²) in [6, 6.07) is 13.1. The molecule has 152 valence electrons. The van der Waals surface area contributed by atoms with Gasteiger partial charge < -0.3 is 29.6 Å². The summed E-state index contributed by atoms with van der Waals surface area (Å²) in [6.07, 6.45) is 1.48. The van der Waals surface area contributed by atoms with Crippen LogP contribution in [0.4, 0.5) is 23.0 Å². The lowest BCUT2D eigenvalue weighted by Crippen LogP contribution is -2.00. The van der Waals surface area contributed by atoms with Gasteiger partial charge >= 0.3 is 0 Å². The van der Waals surface area contributed by atoms with Crippen LogP contribution in [0.25, 0.3) is 0 Å². The molecular weight excluding hydrogens is 372 g/mol. The van der Waals surface area contributed by atoms with Gasteiger partial charge in [0.25, 0.3) is 0 Å². The minimum Gasteiger partial charge on any atom is -0.494 e. The van der Waals surface area contributed by atoms with E-state index in [1.807, 2.05) is 43.3 Å². The van der Waals surface area contributed by atoms with E-state index in [1.54, 1.807) is 27.4 Å². The maximum absolute atomic E-state index is 5.46. The van der Waals surface area contributed by atoms with Crippen LogP contribution < -0.4 is 29.6 Å². The van der Waals surface area contributed by atoms with Gasteiger partial charge in [-0.25, -0.2) is 9.97 Å². The average Bonchev–Trinajstić information content (AvgIpc) is 2.75. The van der Waals surface area contributed by atoms with Crippen molar-refractivity contribution in [3.8, 4) is 23.0 Å². The fourth-order valence-corrected chi connectivity index (χ4v) is 2.74. The third kappa shape index (κ3) is 4.98. The Morgan fingerprint density at radius 2 is 1.34 bits per heavy atom. The zero-order chi connectivity index (χ0) is 20.6. The van der Waals surface area contributed by atoms with Crippen LogP contribution in [0.1, 0.15) is 6.92 Å². The molecular formula is C21H24N4O4. The zero-order valence-electron chi connectivity index (χ0n) is 16.9. The van der Waals surface area contributed by atoms with Gasteiger partial charge in [-0.3, -0.25) is 0 Å². The minimum absolute atomic E-state index is 0.529. The third-order valence-corrected chi connectivity index (χ3v) is 4.04. The van der Waals surface area contributed by atoms with Crippen LogP contribution in [-0.2, 0) is 0 Å². The molecule has 1 aromatic heterocycles. The normalized spacial score (nSPS) is 10.2. The number of nitrogens with one attached hydrogen (secondary N) is 2. The van der Waals surface area contributed by atoms with Crippen molar-refractivity contribution >= 4 is 23.0 Å². The number of nitrogens with zero attached hydrogens (tertiary/aromatic N) is 2. The number of anilines is 4. The van der Waals surface area contributed by atoms with Crippen molar-refractivity contribution in [2.24, 2.45) is 0 Å². The van der Waals surface area contributed by atoms with Crippen LogP contribution in [-0.4, -0.2) is 37.9 Å². The van der Waals surface area contributed by atoms with Gasteiger partial charge in [0.15, 0.2) is 11.5 Å². The fraction of sp³-hybridized carbons (Fsp3) is 0.238. The van der Waals surface area contributed by atoms with Crippen LogP contribution in [0.3, 0.4) is 0 Å². The standard InChI is InChI=1S/C21H24N4O4/c1-5-29-16-8-6-14(7-9-16)24-19-12-20(23-13-22-19)25-15-10-17(26-2)21(28-4)18(11-15)27-3/h6-13H,5H2,1-4H3,(H2,22,23,24,25). The number of ether oxygens (including phenoxy) is 4. The van der Waals surface area contributed by atoms with E-state index in [-0.39, 0.29) is 0 Å². The largest absolute Gasteiger partial charge is 0.494 e. The molecule has 3 aromatic rings. The molecule has 2 aromatic carbocycles. The second-order valence-electron chi connectivity index (χ2n) is 5.91. The Labute approximate surface area is 169 Å². The highest BCUT2D eigenvalue weighted by Gasteiger charge is 2.13. The molecule has 3 rings (SSSR count). The second kappa shape index (κ2) is 9.50. The zero-order valence-corrected chi connectivity index (χ0v) is 16.9. The first-order chi connectivity index (χ1) is 14.2. The van der Waals surface area contributed by atoms with Crippen molar-refractivity contribution in [2.75, 3.05) is 38.6 Å². The van der Waals surface area contributed by atoms with Gasteiger partial charge in [-0.1, -0.05) is 0 Å². The highest BCUT2D eigenvalue weighted by molar-refractivity contribution is 5.68. The third-order valence-electron chi connectivity index (χ3n) is 4.04. The van der Waals surface area contributed by atoms with E-state index >= 15 is 0 Å². The summed E-state index contributed by atoms with van der Waals surface area (Å²) < 4.78 is 21.6. The number of benzene rings is 2. The molecule has 8 heteroatoms. The SMILES string of the molecule is CCOc1ccc(Nc2cc(Nc3cc(OC)c(OC)c(OC)c3)ncn2)cc1. The number of methoxy groups -OCH3 is 3. The molecule has 0 saturated heterocycles. The molecule has 1 heterocycles. The number of rotatable bonds is 9. The summed E-state index contributed by atoms with van der Waals surface area (Å²) in [7, 11) is 4.71. The summed E-state index contributed by atoms with van der Waals surface area (Å²) in [4.78, 5) is 8.54. The van der Waals surface area contributed by atoms with Crippen LogP contribution >= 0.6 is 0 Å². The summed E-state index contributed by atoms with van der Waals surface area (Å²) in [5.74, 6) is 3.72. The smallest absolute Gasteiger partial charge is 0.203 e. The fourth-order valence-electron chi connectivity index (χ4n) is 2.74. The molecule has 0 atom stereocenters. The van der Waals surface area contributed by atoms with E-state index in [0.29, 0.717) is 35.5 Å². The molecule has 0 bridgehead atoms. The lowest BCUT2D eigenvalue weighted by atomic mass is 10.2. The predicted octanol–water partition coefficient (Wildman–Crippen LogP) is 4.39. The van der Waals surface area contributed by atoms with Crippen molar-refractivity contribution in [1.82, 2.24) is 9.97 Å². The maximum atomic E-state index is 5.46. The van der Waals surface area contributed by atoms with Gasteiger partial charge in [0.1, 0.15) is 23.7 Å². The lowest BCUT2D eigenvalue weighted by Gasteiger charge is -2.15. The number of hydrogen-bond acceptors (Lipinski definition) is 8. The Balaban J connectivity index is 1.77. The van der Waals surface area contributed by atoms with Gasteiger partial charge in [-0.05, 0) is 31.2 Å². The number of aromatic nitrogens is 2. The predicted molar refractivity (Wildman–Crippen MR) is 112 cm³/mol. The Kier molecular flexibility index (Phi) is 6.57. The van der Waals surface area contributed by atoms with Crippen molar-refractivity contribution in [2.45, 2.75) is 6.92 Å². The summed E-state index contributed by atoms with van der Waals surface area (Å²) in [5.41, 5.74) is 1.64. The summed E-state index contributed by atoms with van der Waals surface area (Å²) >= 11 is 0. The first kappa shape index (κ1) is 20.1. The van der Waals surface area contributed by atoms with E-state index in [0.717, 1.165) is 17.1 Å². The van der Waals surface area contributed by atoms with Gasteiger partial charge in [-0.2, -0.15) is 0 Å². The first-order valence-corrected chi connectivity index (χ1v) is 9.05. The van der Waals surface area contributed by atoms with E-state index in [2.05, 4.69) is 20.6 Å². The van der Waals surface area contributed by atoms with Crippen LogP contribution in [0.2, 0.25) is 0 Å². The molecule has 0 unspecified atom stereocenters. The average molecular weight is 396 g/mol. The van der Waals surface area contributed by atoms with Crippen LogP contribution in [0.5, 0.6) is 23.0 Å². The van der Waals surface area contributed by atoms with Gasteiger partial charge in [0.05, 0.1) is 27.9 Å². The molecule has 0 fully saturated rings. The molecule has 2 N–H and O–H groups in total. The van der Waals surface area contributed by atoms with Gasteiger partial charge in [0.2, 0.25) is 5.75 Å². The van der Waals surface area contributed by atoms with Crippen LogP contribution in [0.15, 0.2) is 48.8 Å². The molecule has 0 aliphatic carbocycles. The molecule has 0 spiro atoms. The Morgan fingerprint density at radius 3 is 1.86 bits per heavy atom. The molecule has 8 nitrogen and oxygen atoms in total. The quantitative estimate of drug-likeness (QED) is 0.551. The van der Waals surface area contributed by atoms with E-state index in [1.165, 1.54) is 6.33 Å². The second-order valence-corrected chi connectivity index (χ2v) is 5.91. The molecule has 0 saturated carbocycles. The van der Waals surface area contributed by atoms with Crippen molar-refractivity contribution in [3.63, 3.8) is 0 Å². The molecule has 29 heavy (non-hydrogen) atoms. The van der Waals surface area contributed by atoms with E-state index in [9.17, 15) is 0 Å². The van der Waals surface area contributed by atoms with Crippen molar-refractivity contribution in [1.29, 1.82) is 0 Å². The molecule has 0 aliphatic heterocycles. The molecule has 0 amide bonds. The monoisotopic (exact) mass is 396 g/mol. The van der Waals surface area contributed by atoms with E-state index < -0.39 is 0 Å². The highest BCUT2D eigenvalue weighted by Crippen LogP contribution is 2.40. The molecule has 0 radical (unpaired) electrons. The van der Waals surface area contributed by atoms with Gasteiger partial charge in [-0.15, -0.1) is 0 Å². The maximum Gasteiger partial charge on any atom is 0.203 e. The van der Waals surface area contributed by atoms with Crippen molar-refractivity contribution in [3.05, 3.63) is 48.8 Å². The topological polar surface area (TPSA) is 86.8 Å². The first-order valence-electron chi connectivity index (χ1n) is 9.05. The Bertz CT molecular complexity index is 923. The van der Waals surface area contributed by atoms with Crippen molar-refractivity contribution < 1.29 is 18.9 Å². The minimum atomic E-state index is 0.529. The summed E-state index contributed by atoms with van der Waals surface area (Å²) in [6.45, 7) is 2.59. The lowest BCUT2D eigenvalue weighted by molar-refractivity contribution is 0.324.